The number of nitriles is 1. The molecule has 0 aliphatic heterocycles. The monoisotopic (exact) mass is 349 g/mol. The number of nitrogens with one attached hydrogen (secondary N) is 1. The number of carbonyl (C=O) groups excluding carboxylic acids is 2. The fraction of sp³-hybridized carbons (Fsp3) is 0.167. The van der Waals surface area contributed by atoms with E-state index in [4.69, 9.17) is 5.26 Å². The Kier molecular flexibility index (Phi) is 3.69. The van der Waals surface area contributed by atoms with E-state index < -0.39 is 5.82 Å². The Balaban J connectivity index is 1.63. The molecule has 128 valence electrons. The molecule has 0 atom stereocenters. The number of hydrogen-bond donors (Lipinski definition) is 1. The molecule has 8 heteroatoms. The van der Waals surface area contributed by atoms with Crippen molar-refractivity contribution in [1.82, 2.24) is 14.6 Å². The Hall–Kier alpha value is -3.60. The molecular formula is C18H12FN5O2. The first-order valence-corrected chi connectivity index (χ1v) is 7.92. The lowest BCUT2D eigenvalue weighted by molar-refractivity contribution is -0.135. The molecule has 7 nitrogen and oxygen atoms in total. The van der Waals surface area contributed by atoms with Gasteiger partial charge < -0.3 is 0 Å². The van der Waals surface area contributed by atoms with Crippen LogP contribution in [-0.4, -0.2) is 26.3 Å². The quantitative estimate of drug-likeness (QED) is 0.782. The van der Waals surface area contributed by atoms with Crippen LogP contribution in [0.2, 0.25) is 0 Å². The van der Waals surface area contributed by atoms with Crippen molar-refractivity contribution in [1.29, 1.82) is 5.26 Å². The molecule has 1 amide bonds. The molecule has 0 bridgehead atoms. The van der Waals surface area contributed by atoms with Gasteiger partial charge in [0.25, 0.3) is 0 Å². The molecule has 1 aliphatic carbocycles. The smallest absolute Gasteiger partial charge is 0.249 e. The van der Waals surface area contributed by atoms with Crippen molar-refractivity contribution < 1.29 is 14.0 Å². The second kappa shape index (κ2) is 6.04. The molecule has 26 heavy (non-hydrogen) atoms. The number of anilines is 1. The molecule has 2 heterocycles. The van der Waals surface area contributed by atoms with E-state index in [0.717, 1.165) is 0 Å². The minimum Gasteiger partial charge on any atom is -0.300 e. The van der Waals surface area contributed by atoms with Gasteiger partial charge in [0.15, 0.2) is 5.65 Å². The van der Waals surface area contributed by atoms with Gasteiger partial charge in [0, 0.05) is 30.2 Å². The summed E-state index contributed by atoms with van der Waals surface area (Å²) in [4.78, 5) is 27.2. The molecule has 1 N–H and O–H groups in total. The highest BCUT2D eigenvalue weighted by Gasteiger charge is 2.33. The second-order valence-corrected chi connectivity index (χ2v) is 6.10. The summed E-state index contributed by atoms with van der Waals surface area (Å²) in [5.41, 5.74) is 1.63. The summed E-state index contributed by atoms with van der Waals surface area (Å²) in [7, 11) is 0. The second-order valence-electron chi connectivity index (χ2n) is 6.10. The number of ketones is 1. The number of carbonyl (C=O) groups is 2. The van der Waals surface area contributed by atoms with Crippen molar-refractivity contribution in [3.63, 3.8) is 0 Å². The van der Waals surface area contributed by atoms with Gasteiger partial charge in [0.05, 0.1) is 17.6 Å². The van der Waals surface area contributed by atoms with Crippen molar-refractivity contribution in [3.8, 4) is 17.2 Å². The molecule has 1 aromatic carbocycles. The summed E-state index contributed by atoms with van der Waals surface area (Å²) in [6, 6.07) is 9.40. The van der Waals surface area contributed by atoms with Crippen molar-refractivity contribution in [3.05, 3.63) is 47.9 Å². The van der Waals surface area contributed by atoms with Gasteiger partial charge in [-0.1, -0.05) is 0 Å². The number of benzene rings is 1. The highest BCUT2D eigenvalue weighted by Crippen LogP contribution is 2.26. The van der Waals surface area contributed by atoms with E-state index in [0.29, 0.717) is 16.8 Å². The lowest BCUT2D eigenvalue weighted by Crippen LogP contribution is -2.34. The van der Waals surface area contributed by atoms with E-state index in [1.807, 2.05) is 6.07 Å². The summed E-state index contributed by atoms with van der Waals surface area (Å²) in [6.07, 6.45) is 2.07. The molecule has 4 rings (SSSR count). The number of hydrogen-bond acceptors (Lipinski definition) is 5. The Morgan fingerprint density at radius 3 is 2.85 bits per heavy atom. The first-order valence-electron chi connectivity index (χ1n) is 7.92. The van der Waals surface area contributed by atoms with Crippen LogP contribution in [0.4, 0.5) is 10.3 Å². The first kappa shape index (κ1) is 15.9. The van der Waals surface area contributed by atoms with Crippen molar-refractivity contribution in [2.75, 3.05) is 5.32 Å². The fourth-order valence-electron chi connectivity index (χ4n) is 2.80. The topological polar surface area (TPSA) is 100 Å². The van der Waals surface area contributed by atoms with Gasteiger partial charge in [0.2, 0.25) is 11.9 Å². The average Bonchev–Trinajstić information content (AvgIpc) is 3.00. The number of rotatable bonds is 3. The van der Waals surface area contributed by atoms with Crippen LogP contribution in [0.1, 0.15) is 18.4 Å². The van der Waals surface area contributed by atoms with Gasteiger partial charge in [-0.15, -0.1) is 5.10 Å². The molecule has 3 aromatic rings. The minimum atomic E-state index is -0.452. The maximum atomic E-state index is 14.1. The van der Waals surface area contributed by atoms with E-state index in [1.165, 1.54) is 22.7 Å². The zero-order valence-electron chi connectivity index (χ0n) is 13.4. The van der Waals surface area contributed by atoms with Crippen LogP contribution in [0.5, 0.6) is 0 Å². The van der Waals surface area contributed by atoms with Crippen molar-refractivity contribution in [2.24, 2.45) is 5.92 Å². The number of pyridine rings is 1. The maximum absolute atomic E-state index is 14.1. The molecule has 0 saturated heterocycles. The molecule has 0 spiro atoms. The van der Waals surface area contributed by atoms with Crippen molar-refractivity contribution in [2.45, 2.75) is 12.8 Å². The summed E-state index contributed by atoms with van der Waals surface area (Å²) < 4.78 is 15.5. The van der Waals surface area contributed by atoms with Crippen LogP contribution in [0.3, 0.4) is 0 Å². The van der Waals surface area contributed by atoms with E-state index in [2.05, 4.69) is 15.4 Å². The minimum absolute atomic E-state index is 0.0689. The van der Waals surface area contributed by atoms with Gasteiger partial charge in [0.1, 0.15) is 11.6 Å². The highest BCUT2D eigenvalue weighted by molar-refractivity contribution is 6.01. The van der Waals surface area contributed by atoms with Gasteiger partial charge in [-0.05, 0) is 30.3 Å². The Morgan fingerprint density at radius 1 is 1.31 bits per heavy atom. The number of amides is 1. The van der Waals surface area contributed by atoms with Crippen LogP contribution in [0.25, 0.3) is 16.8 Å². The Labute approximate surface area is 147 Å². The Bertz CT molecular complexity index is 1090. The lowest BCUT2D eigenvalue weighted by Gasteiger charge is -2.21. The van der Waals surface area contributed by atoms with E-state index >= 15 is 0 Å². The van der Waals surface area contributed by atoms with Gasteiger partial charge in [-0.25, -0.2) is 8.91 Å². The Morgan fingerprint density at radius 2 is 2.12 bits per heavy atom. The van der Waals surface area contributed by atoms with Crippen molar-refractivity contribution >= 4 is 23.3 Å². The van der Waals surface area contributed by atoms with Crippen LogP contribution in [-0.2, 0) is 9.59 Å². The number of halogens is 1. The molecule has 1 fully saturated rings. The standard InChI is InChI=1S/C18H12FN5O2/c19-15-3-1-10(8-20)5-14(15)11-2-4-16-21-18(23-24(16)9-11)22-17(26)12-6-13(25)7-12/h1-5,9,12H,6-7H2,(H,22,23,26). The zero-order chi connectivity index (χ0) is 18.3. The third kappa shape index (κ3) is 2.80. The average molecular weight is 349 g/mol. The van der Waals surface area contributed by atoms with Crippen LogP contribution in [0, 0.1) is 23.1 Å². The number of nitrogens with zero attached hydrogens (tertiary/aromatic N) is 4. The van der Waals surface area contributed by atoms with Gasteiger partial charge >= 0.3 is 0 Å². The molecule has 2 aromatic heterocycles. The molecule has 1 saturated carbocycles. The maximum Gasteiger partial charge on any atom is 0.249 e. The normalized spacial score (nSPS) is 14.1. The largest absolute Gasteiger partial charge is 0.300 e. The van der Waals surface area contributed by atoms with Crippen LogP contribution >= 0.6 is 0 Å². The van der Waals surface area contributed by atoms with Gasteiger partial charge in [-0.3, -0.25) is 14.9 Å². The van der Waals surface area contributed by atoms with E-state index in [-0.39, 0.29) is 42.0 Å². The number of fused-ring (bicyclic) bond motifs is 1. The predicted molar refractivity (Wildman–Crippen MR) is 89.5 cm³/mol. The van der Waals surface area contributed by atoms with Crippen LogP contribution in [0.15, 0.2) is 36.5 Å². The molecule has 1 aliphatic rings. The summed E-state index contributed by atoms with van der Waals surface area (Å²) in [5, 5.41) is 15.7. The SMILES string of the molecule is N#Cc1ccc(F)c(-c2ccc3nc(NC(=O)C4CC(=O)C4)nn3c2)c1. The fourth-order valence-corrected chi connectivity index (χ4v) is 2.80. The molecule has 0 radical (unpaired) electrons. The first-order chi connectivity index (χ1) is 12.5. The highest BCUT2D eigenvalue weighted by atomic mass is 19.1. The zero-order valence-corrected chi connectivity index (χ0v) is 13.4. The summed E-state index contributed by atoms with van der Waals surface area (Å²) >= 11 is 0. The molecular weight excluding hydrogens is 337 g/mol. The third-order valence-electron chi connectivity index (χ3n) is 4.29. The number of Topliss-reactive ketones (excluding diaryl/α,β-unsaturated/α-hetero) is 1. The van der Waals surface area contributed by atoms with E-state index in [1.54, 1.807) is 18.3 Å². The van der Waals surface area contributed by atoms with Crippen LogP contribution < -0.4 is 5.32 Å². The van der Waals surface area contributed by atoms with E-state index in [9.17, 15) is 14.0 Å². The van der Waals surface area contributed by atoms with Gasteiger partial charge in [-0.2, -0.15) is 10.2 Å². The molecule has 0 unspecified atom stereocenters. The lowest BCUT2D eigenvalue weighted by atomic mass is 9.83. The summed E-state index contributed by atoms with van der Waals surface area (Å²) in [5.74, 6) is -0.871. The third-order valence-corrected chi connectivity index (χ3v) is 4.29. The predicted octanol–water partition coefficient (Wildman–Crippen LogP) is 2.32. The number of aromatic nitrogens is 3. The summed E-state index contributed by atoms with van der Waals surface area (Å²) in [6.45, 7) is 0.